The first kappa shape index (κ1) is 30.8. The summed E-state index contributed by atoms with van der Waals surface area (Å²) in [5.74, 6) is -0.780. The van der Waals surface area contributed by atoms with Crippen molar-refractivity contribution in [3.63, 3.8) is 0 Å². The number of carbonyl (C=O) groups excluding carboxylic acids is 3. The van der Waals surface area contributed by atoms with Crippen molar-refractivity contribution < 1.29 is 23.5 Å². The summed E-state index contributed by atoms with van der Waals surface area (Å²) in [4.78, 5) is 54.6. The molecule has 2 saturated heterocycles. The number of hydrogen-bond donors (Lipinski definition) is 3. The van der Waals surface area contributed by atoms with Crippen molar-refractivity contribution in [1.82, 2.24) is 20.1 Å². The zero-order chi connectivity index (χ0) is 31.4. The number of oxazole rings is 1. The van der Waals surface area contributed by atoms with E-state index in [1.54, 1.807) is 25.2 Å². The first-order chi connectivity index (χ1) is 21.8. The second-order valence-electron chi connectivity index (χ2n) is 12.6. The Kier molecular flexibility index (Phi) is 9.18. The molecule has 3 N–H and O–H groups in total. The SMILES string of the molecule is Cn1c(=O)oc2cc(NC(=O)CN3CC[C@@H]4NC(=O)[C@@H](Cc5ccccc5)NC(=O)C5(C/C=C/C[C@@H]4C3)CCOCC5)ccc21. The average molecular weight is 616 g/mol. The molecule has 3 aromatic rings. The highest BCUT2D eigenvalue weighted by molar-refractivity contribution is 5.94. The second kappa shape index (κ2) is 13.4. The fourth-order valence-corrected chi connectivity index (χ4v) is 6.81. The maximum atomic E-state index is 13.8. The van der Waals surface area contributed by atoms with Gasteiger partial charge in [0.05, 0.1) is 17.5 Å². The molecule has 0 bridgehead atoms. The van der Waals surface area contributed by atoms with Gasteiger partial charge in [-0.3, -0.25) is 23.9 Å². The zero-order valence-corrected chi connectivity index (χ0v) is 25.6. The summed E-state index contributed by atoms with van der Waals surface area (Å²) in [6.07, 6.45) is 7.88. The van der Waals surface area contributed by atoms with Gasteiger partial charge in [-0.2, -0.15) is 0 Å². The lowest BCUT2D eigenvalue weighted by molar-refractivity contribution is -0.140. The van der Waals surface area contributed by atoms with Gasteiger partial charge >= 0.3 is 5.76 Å². The van der Waals surface area contributed by atoms with Crippen molar-refractivity contribution in [1.29, 1.82) is 0 Å². The van der Waals surface area contributed by atoms with Crippen LogP contribution in [0.15, 0.2) is 69.9 Å². The number of likely N-dealkylation sites (tertiary alicyclic amines) is 1. The molecular weight excluding hydrogens is 574 g/mol. The third-order valence-corrected chi connectivity index (χ3v) is 9.54. The van der Waals surface area contributed by atoms with Crippen LogP contribution in [0.2, 0.25) is 0 Å². The standard InChI is InChI=1S/C34H41N5O6/c1-38-28-11-10-25(20-29(28)45-33(38)43)35-30(40)22-39-16-12-26-24(21-39)9-5-6-13-34(14-17-44-18-15-34)32(42)37-27(31(41)36-26)19-23-7-3-2-4-8-23/h2-8,10-11,20,24,26-27H,9,12-19,21-22H2,1H3,(H,35,40)(H,36,41)(H,37,42)/b6-5+/t24-,26+,27-/m1/s1. The lowest BCUT2D eigenvalue weighted by atomic mass is 9.75. The van der Waals surface area contributed by atoms with Crippen molar-refractivity contribution in [3.05, 3.63) is 76.8 Å². The Labute approximate surface area is 262 Å². The number of hydrogen-bond acceptors (Lipinski definition) is 7. The smallest absolute Gasteiger partial charge is 0.408 e. The minimum absolute atomic E-state index is 0.0851. The van der Waals surface area contributed by atoms with Gasteiger partial charge in [0.2, 0.25) is 17.7 Å². The lowest BCUT2D eigenvalue weighted by Gasteiger charge is -2.40. The molecule has 1 spiro atoms. The van der Waals surface area contributed by atoms with Gasteiger partial charge in [0.1, 0.15) is 6.04 Å². The van der Waals surface area contributed by atoms with E-state index in [1.807, 2.05) is 30.3 Å². The molecule has 3 amide bonds. The summed E-state index contributed by atoms with van der Waals surface area (Å²) in [5.41, 5.74) is 2.01. The number of aryl methyl sites for hydroxylation is 1. The molecule has 2 aromatic carbocycles. The van der Waals surface area contributed by atoms with Crippen molar-refractivity contribution in [2.24, 2.45) is 18.4 Å². The van der Waals surface area contributed by atoms with Crippen LogP contribution in [0.1, 0.15) is 37.7 Å². The molecule has 45 heavy (non-hydrogen) atoms. The summed E-state index contributed by atoms with van der Waals surface area (Å²) in [6.45, 7) is 2.53. The molecule has 3 atom stereocenters. The van der Waals surface area contributed by atoms with Crippen molar-refractivity contribution in [3.8, 4) is 0 Å². The summed E-state index contributed by atoms with van der Waals surface area (Å²) in [5, 5.41) is 9.34. The number of amides is 3. The molecule has 0 saturated carbocycles. The van der Waals surface area contributed by atoms with E-state index in [4.69, 9.17) is 9.15 Å². The molecule has 1 aromatic heterocycles. The number of nitrogens with zero attached hydrogens (tertiary/aromatic N) is 2. The monoisotopic (exact) mass is 615 g/mol. The molecule has 3 aliphatic heterocycles. The number of piperidine rings is 1. The van der Waals surface area contributed by atoms with Crippen LogP contribution in [-0.4, -0.2) is 72.1 Å². The summed E-state index contributed by atoms with van der Waals surface area (Å²) in [7, 11) is 1.64. The third kappa shape index (κ3) is 7.04. The number of benzene rings is 2. The van der Waals surface area contributed by atoms with E-state index >= 15 is 0 Å². The molecule has 238 valence electrons. The Hall–Kier alpha value is -4.22. The Morgan fingerprint density at radius 1 is 1.04 bits per heavy atom. The molecule has 0 radical (unpaired) electrons. The highest BCUT2D eigenvalue weighted by Gasteiger charge is 2.41. The number of ether oxygens (including phenoxy) is 1. The Balaban J connectivity index is 1.16. The van der Waals surface area contributed by atoms with Crippen LogP contribution in [0.4, 0.5) is 5.69 Å². The molecule has 11 nitrogen and oxygen atoms in total. The van der Waals surface area contributed by atoms with Gasteiger partial charge in [-0.05, 0) is 55.7 Å². The minimum Gasteiger partial charge on any atom is -0.408 e. The Bertz CT molecular complexity index is 1620. The minimum atomic E-state index is -0.695. The van der Waals surface area contributed by atoms with E-state index in [1.165, 1.54) is 4.57 Å². The van der Waals surface area contributed by atoms with Crippen LogP contribution in [-0.2, 0) is 32.6 Å². The number of aromatic nitrogens is 1. The molecular formula is C34H41N5O6. The Morgan fingerprint density at radius 2 is 1.84 bits per heavy atom. The van der Waals surface area contributed by atoms with E-state index in [0.29, 0.717) is 75.2 Å². The average Bonchev–Trinajstić information content (AvgIpc) is 3.32. The van der Waals surface area contributed by atoms with Gasteiger partial charge in [-0.1, -0.05) is 42.5 Å². The lowest BCUT2D eigenvalue weighted by Crippen LogP contribution is -2.58. The normalized spacial score (nSPS) is 25.0. The van der Waals surface area contributed by atoms with Crippen LogP contribution in [0.25, 0.3) is 11.1 Å². The molecule has 4 heterocycles. The van der Waals surface area contributed by atoms with E-state index in [0.717, 1.165) is 12.0 Å². The molecule has 6 rings (SSSR count). The van der Waals surface area contributed by atoms with Crippen LogP contribution in [0.3, 0.4) is 0 Å². The largest absolute Gasteiger partial charge is 0.419 e. The van der Waals surface area contributed by atoms with Crippen LogP contribution in [0.5, 0.6) is 0 Å². The second-order valence-corrected chi connectivity index (χ2v) is 12.6. The van der Waals surface area contributed by atoms with Gasteiger partial charge in [-0.15, -0.1) is 0 Å². The number of allylic oxidation sites excluding steroid dienone is 2. The van der Waals surface area contributed by atoms with Crippen LogP contribution in [0, 0.1) is 11.3 Å². The maximum absolute atomic E-state index is 13.8. The zero-order valence-electron chi connectivity index (χ0n) is 25.6. The summed E-state index contributed by atoms with van der Waals surface area (Å²) >= 11 is 0. The molecule has 3 aliphatic rings. The summed E-state index contributed by atoms with van der Waals surface area (Å²) in [6, 6.07) is 14.1. The van der Waals surface area contributed by atoms with Gasteiger partial charge in [0, 0.05) is 57.6 Å². The number of fused-ring (bicyclic) bond motifs is 2. The molecule has 11 heteroatoms. The highest BCUT2D eigenvalue weighted by Crippen LogP contribution is 2.36. The predicted molar refractivity (Wildman–Crippen MR) is 169 cm³/mol. The van der Waals surface area contributed by atoms with Gasteiger partial charge in [-0.25, -0.2) is 4.79 Å². The number of rotatable bonds is 5. The van der Waals surface area contributed by atoms with Crippen LogP contribution < -0.4 is 21.7 Å². The summed E-state index contributed by atoms with van der Waals surface area (Å²) < 4.78 is 12.3. The molecule has 0 aliphatic carbocycles. The molecule has 0 unspecified atom stereocenters. The van der Waals surface area contributed by atoms with Crippen molar-refractivity contribution >= 4 is 34.5 Å². The van der Waals surface area contributed by atoms with Crippen molar-refractivity contribution in [2.45, 2.75) is 50.6 Å². The number of nitrogens with one attached hydrogen (secondary N) is 3. The first-order valence-corrected chi connectivity index (χ1v) is 15.8. The Morgan fingerprint density at radius 3 is 2.64 bits per heavy atom. The topological polar surface area (TPSA) is 135 Å². The predicted octanol–water partition coefficient (Wildman–Crippen LogP) is 2.75. The van der Waals surface area contributed by atoms with E-state index < -0.39 is 17.2 Å². The third-order valence-electron chi connectivity index (χ3n) is 9.54. The van der Waals surface area contributed by atoms with Gasteiger partial charge in [0.15, 0.2) is 5.58 Å². The fourth-order valence-electron chi connectivity index (χ4n) is 6.81. The number of anilines is 1. The maximum Gasteiger partial charge on any atom is 0.419 e. The van der Waals surface area contributed by atoms with Crippen molar-refractivity contribution in [2.75, 3.05) is 38.2 Å². The van der Waals surface area contributed by atoms with Gasteiger partial charge in [0.25, 0.3) is 0 Å². The molecule has 2 fully saturated rings. The first-order valence-electron chi connectivity index (χ1n) is 15.8. The van der Waals surface area contributed by atoms with E-state index in [-0.39, 0.29) is 36.2 Å². The van der Waals surface area contributed by atoms with Gasteiger partial charge < -0.3 is 25.1 Å². The van der Waals surface area contributed by atoms with E-state index in [9.17, 15) is 19.2 Å². The highest BCUT2D eigenvalue weighted by atomic mass is 16.5. The van der Waals surface area contributed by atoms with Crippen LogP contribution >= 0.6 is 0 Å². The van der Waals surface area contributed by atoms with E-state index in [2.05, 4.69) is 33.0 Å². The quantitative estimate of drug-likeness (QED) is 0.376. The number of carbonyl (C=O) groups is 3. The fraction of sp³-hybridized carbons (Fsp3) is 0.471.